The van der Waals surface area contributed by atoms with Crippen LogP contribution in [0.1, 0.15) is 26.7 Å². The van der Waals surface area contributed by atoms with E-state index in [9.17, 15) is 9.59 Å². The predicted molar refractivity (Wildman–Crippen MR) is 60.1 cm³/mol. The number of nitrogens with zero attached hydrogens (tertiary/aromatic N) is 2. The molecule has 0 aliphatic carbocycles. The Kier molecular flexibility index (Phi) is 4.29. The molecule has 0 aromatic rings. The van der Waals surface area contributed by atoms with Crippen LogP contribution in [0.4, 0.5) is 0 Å². The van der Waals surface area contributed by atoms with Gasteiger partial charge in [-0.05, 0) is 19.8 Å². The first kappa shape index (κ1) is 13.0. The Labute approximate surface area is 96.0 Å². The summed E-state index contributed by atoms with van der Waals surface area (Å²) in [4.78, 5) is 26.1. The number of aliphatic carboxylic acids is 1. The number of likely N-dealkylation sites (tertiary alicyclic amines) is 1. The van der Waals surface area contributed by atoms with Crippen molar-refractivity contribution >= 4 is 11.9 Å². The minimum absolute atomic E-state index is 0.0431. The van der Waals surface area contributed by atoms with Gasteiger partial charge in [-0.2, -0.15) is 0 Å². The van der Waals surface area contributed by atoms with Gasteiger partial charge in [0.1, 0.15) is 0 Å². The van der Waals surface area contributed by atoms with Gasteiger partial charge in [0.05, 0.1) is 12.6 Å². The molecule has 2 atom stereocenters. The van der Waals surface area contributed by atoms with E-state index < -0.39 is 5.97 Å². The number of rotatable bonds is 5. The zero-order valence-electron chi connectivity index (χ0n) is 10.1. The highest BCUT2D eigenvalue weighted by atomic mass is 16.4. The van der Waals surface area contributed by atoms with Gasteiger partial charge in [-0.15, -0.1) is 0 Å². The van der Waals surface area contributed by atoms with E-state index in [1.165, 1.54) is 0 Å². The lowest BCUT2D eigenvalue weighted by atomic mass is 10.1. The van der Waals surface area contributed by atoms with E-state index >= 15 is 0 Å². The Balaban J connectivity index is 2.76. The summed E-state index contributed by atoms with van der Waals surface area (Å²) >= 11 is 0. The number of hydrogen-bond donors (Lipinski definition) is 1. The molecule has 1 aliphatic heterocycles. The summed E-state index contributed by atoms with van der Waals surface area (Å²) in [6, 6.07) is -0.132. The van der Waals surface area contributed by atoms with Crippen LogP contribution in [0, 0.1) is 0 Å². The Morgan fingerprint density at radius 1 is 1.69 bits per heavy atom. The first-order chi connectivity index (χ1) is 7.47. The molecule has 1 fully saturated rings. The van der Waals surface area contributed by atoms with Crippen molar-refractivity contribution in [1.29, 1.82) is 0 Å². The van der Waals surface area contributed by atoms with Crippen LogP contribution < -0.4 is 0 Å². The predicted octanol–water partition coefficient (Wildman–Crippen LogP) is 0.402. The van der Waals surface area contributed by atoms with Crippen molar-refractivity contribution < 1.29 is 14.7 Å². The van der Waals surface area contributed by atoms with Crippen molar-refractivity contribution in [3.63, 3.8) is 0 Å². The average molecular weight is 228 g/mol. The van der Waals surface area contributed by atoms with Gasteiger partial charge < -0.3 is 10.0 Å². The molecule has 0 aromatic carbocycles. The van der Waals surface area contributed by atoms with Gasteiger partial charge in [-0.3, -0.25) is 14.5 Å². The molecule has 16 heavy (non-hydrogen) atoms. The summed E-state index contributed by atoms with van der Waals surface area (Å²) in [5.41, 5.74) is 0. The molecule has 92 valence electrons. The SMILES string of the molecule is CCC(C)N(CC(=O)O)C1CCN(C)C1=O. The minimum atomic E-state index is -0.873. The van der Waals surface area contributed by atoms with Crippen molar-refractivity contribution in [1.82, 2.24) is 9.80 Å². The van der Waals surface area contributed by atoms with E-state index in [-0.39, 0.29) is 24.5 Å². The summed E-state index contributed by atoms with van der Waals surface area (Å²) < 4.78 is 0. The Bertz CT molecular complexity index is 280. The average Bonchev–Trinajstić information content (AvgIpc) is 2.55. The largest absolute Gasteiger partial charge is 0.480 e. The Morgan fingerprint density at radius 2 is 2.31 bits per heavy atom. The molecule has 1 N–H and O–H groups in total. The van der Waals surface area contributed by atoms with Crippen LogP contribution >= 0.6 is 0 Å². The molecule has 0 saturated carbocycles. The van der Waals surface area contributed by atoms with E-state index in [1.54, 1.807) is 16.8 Å². The molecule has 1 rings (SSSR count). The van der Waals surface area contributed by atoms with E-state index in [0.29, 0.717) is 0 Å². The van der Waals surface area contributed by atoms with Gasteiger partial charge in [0.15, 0.2) is 0 Å². The lowest BCUT2D eigenvalue weighted by Gasteiger charge is -2.31. The fourth-order valence-corrected chi connectivity index (χ4v) is 2.08. The normalized spacial score (nSPS) is 22.9. The second-order valence-electron chi connectivity index (χ2n) is 4.39. The molecule has 1 aliphatic rings. The summed E-state index contributed by atoms with van der Waals surface area (Å²) in [7, 11) is 1.76. The van der Waals surface area contributed by atoms with Crippen LogP contribution in [0.15, 0.2) is 0 Å². The van der Waals surface area contributed by atoms with E-state index in [2.05, 4.69) is 0 Å². The lowest BCUT2D eigenvalue weighted by Crippen LogP contribution is -2.48. The van der Waals surface area contributed by atoms with E-state index in [0.717, 1.165) is 19.4 Å². The number of carbonyl (C=O) groups is 2. The zero-order chi connectivity index (χ0) is 12.3. The molecule has 2 unspecified atom stereocenters. The molecular formula is C11H20N2O3. The van der Waals surface area contributed by atoms with Gasteiger partial charge in [0, 0.05) is 19.6 Å². The second-order valence-corrected chi connectivity index (χ2v) is 4.39. The lowest BCUT2D eigenvalue weighted by molar-refractivity contribution is -0.141. The van der Waals surface area contributed by atoms with Gasteiger partial charge >= 0.3 is 5.97 Å². The minimum Gasteiger partial charge on any atom is -0.480 e. The van der Waals surface area contributed by atoms with Gasteiger partial charge in [-0.25, -0.2) is 0 Å². The summed E-state index contributed by atoms with van der Waals surface area (Å²) in [6.45, 7) is 4.63. The molecule has 1 heterocycles. The number of hydrogen-bond acceptors (Lipinski definition) is 3. The third-order valence-corrected chi connectivity index (χ3v) is 3.27. The van der Waals surface area contributed by atoms with Crippen LogP contribution in [0.3, 0.4) is 0 Å². The quantitative estimate of drug-likeness (QED) is 0.740. The molecular weight excluding hydrogens is 208 g/mol. The van der Waals surface area contributed by atoms with Crippen LogP contribution in [0.25, 0.3) is 0 Å². The van der Waals surface area contributed by atoms with Crippen LogP contribution in [-0.2, 0) is 9.59 Å². The van der Waals surface area contributed by atoms with Crippen molar-refractivity contribution in [3.8, 4) is 0 Å². The highest BCUT2D eigenvalue weighted by molar-refractivity contribution is 5.84. The molecule has 1 amide bonds. The molecule has 5 nitrogen and oxygen atoms in total. The third kappa shape index (κ3) is 2.72. The number of carbonyl (C=O) groups excluding carboxylic acids is 1. The van der Waals surface area contributed by atoms with E-state index in [1.807, 2.05) is 13.8 Å². The summed E-state index contributed by atoms with van der Waals surface area (Å²) in [5, 5.41) is 8.87. The highest BCUT2D eigenvalue weighted by Crippen LogP contribution is 2.19. The van der Waals surface area contributed by atoms with Crippen molar-refractivity contribution in [3.05, 3.63) is 0 Å². The van der Waals surface area contributed by atoms with Crippen molar-refractivity contribution in [2.45, 2.75) is 38.8 Å². The fraction of sp³-hybridized carbons (Fsp3) is 0.818. The monoisotopic (exact) mass is 228 g/mol. The first-order valence-corrected chi connectivity index (χ1v) is 5.69. The van der Waals surface area contributed by atoms with Crippen molar-refractivity contribution in [2.75, 3.05) is 20.1 Å². The maximum Gasteiger partial charge on any atom is 0.317 e. The van der Waals surface area contributed by atoms with Crippen LogP contribution in [0.5, 0.6) is 0 Å². The highest BCUT2D eigenvalue weighted by Gasteiger charge is 2.36. The van der Waals surface area contributed by atoms with Crippen molar-refractivity contribution in [2.24, 2.45) is 0 Å². The molecule has 0 bridgehead atoms. The standard InChI is InChI=1S/C11H20N2O3/c1-4-8(2)13(7-10(14)15)9-5-6-12(3)11(9)16/h8-9H,4-7H2,1-3H3,(H,14,15). The number of likely N-dealkylation sites (N-methyl/N-ethyl adjacent to an activating group) is 1. The molecule has 1 saturated heterocycles. The van der Waals surface area contributed by atoms with E-state index in [4.69, 9.17) is 5.11 Å². The van der Waals surface area contributed by atoms with Gasteiger partial charge in [0.2, 0.25) is 5.91 Å². The van der Waals surface area contributed by atoms with Gasteiger partial charge in [-0.1, -0.05) is 6.92 Å². The second kappa shape index (κ2) is 5.30. The summed E-state index contributed by atoms with van der Waals surface area (Å²) in [6.07, 6.45) is 1.58. The molecule has 0 spiro atoms. The molecule has 0 radical (unpaired) electrons. The Hall–Kier alpha value is -1.10. The fourth-order valence-electron chi connectivity index (χ4n) is 2.08. The summed E-state index contributed by atoms with van der Waals surface area (Å²) in [5.74, 6) is -0.829. The maximum atomic E-state index is 11.8. The number of amides is 1. The zero-order valence-corrected chi connectivity index (χ0v) is 10.1. The van der Waals surface area contributed by atoms with Gasteiger partial charge in [0.25, 0.3) is 0 Å². The first-order valence-electron chi connectivity index (χ1n) is 5.69. The smallest absolute Gasteiger partial charge is 0.317 e. The van der Waals surface area contributed by atoms with Crippen LogP contribution in [-0.4, -0.2) is 59.0 Å². The number of carboxylic acid groups (broad SMARTS) is 1. The molecule has 0 aromatic heterocycles. The third-order valence-electron chi connectivity index (χ3n) is 3.27. The maximum absolute atomic E-state index is 11.8. The number of carboxylic acids is 1. The topological polar surface area (TPSA) is 60.9 Å². The molecule has 5 heteroatoms. The van der Waals surface area contributed by atoms with Crippen LogP contribution in [0.2, 0.25) is 0 Å². The Morgan fingerprint density at radius 3 is 2.69 bits per heavy atom.